The monoisotopic (exact) mass is 429 g/mol. The number of ketones is 1. The van der Waals surface area contributed by atoms with E-state index in [9.17, 15) is 24.3 Å². The molecule has 0 spiro atoms. The molecule has 1 fully saturated rings. The lowest BCUT2D eigenvalue weighted by Crippen LogP contribution is -2.48. The van der Waals surface area contributed by atoms with E-state index in [-0.39, 0.29) is 18.7 Å². The van der Waals surface area contributed by atoms with Crippen LogP contribution in [0.15, 0.2) is 47.4 Å². The average Bonchev–Trinajstić information content (AvgIpc) is 3.12. The number of rotatable bonds is 7. The number of carbonyl (C=O) groups is 3. The molecule has 1 aliphatic heterocycles. The van der Waals surface area contributed by atoms with Crippen LogP contribution < -0.4 is 11.0 Å². The van der Waals surface area contributed by atoms with Crippen molar-refractivity contribution in [3.63, 3.8) is 0 Å². The van der Waals surface area contributed by atoms with Crippen molar-refractivity contribution < 1.29 is 29.0 Å². The van der Waals surface area contributed by atoms with E-state index in [1.165, 1.54) is 19.2 Å². The fourth-order valence-corrected chi connectivity index (χ4v) is 3.54. The zero-order chi connectivity index (χ0) is 22.6. The van der Waals surface area contributed by atoms with Crippen LogP contribution in [0, 0.1) is 0 Å². The van der Waals surface area contributed by atoms with E-state index < -0.39 is 47.9 Å². The summed E-state index contributed by atoms with van der Waals surface area (Å²) in [4.78, 5) is 53.2. The third-order valence-corrected chi connectivity index (χ3v) is 4.96. The Morgan fingerprint density at radius 3 is 2.58 bits per heavy atom. The number of esters is 1. The van der Waals surface area contributed by atoms with Crippen molar-refractivity contribution in [3.05, 3.63) is 58.6 Å². The molecule has 2 N–H and O–H groups in total. The van der Waals surface area contributed by atoms with Gasteiger partial charge in [0.05, 0.1) is 6.61 Å². The van der Waals surface area contributed by atoms with Crippen molar-refractivity contribution in [2.45, 2.75) is 44.6 Å². The third kappa shape index (κ3) is 4.54. The maximum atomic E-state index is 12.8. The SMILES string of the molecule is CCC(=O)[C@]1(n2ccc(NC(=O)c3ccccc3)nc2=O)C[C@H](OC(C)=O)[C@@H](CO)O1. The molecule has 1 saturated heterocycles. The van der Waals surface area contributed by atoms with Gasteiger partial charge in [-0.15, -0.1) is 0 Å². The second kappa shape index (κ2) is 9.19. The lowest BCUT2D eigenvalue weighted by molar-refractivity contribution is -0.163. The Bertz CT molecular complexity index is 1040. The molecule has 0 bridgehead atoms. The molecule has 0 saturated carbocycles. The van der Waals surface area contributed by atoms with Gasteiger partial charge in [0.15, 0.2) is 5.78 Å². The van der Waals surface area contributed by atoms with Crippen LogP contribution >= 0.6 is 0 Å². The van der Waals surface area contributed by atoms with Crippen LogP contribution in [0.4, 0.5) is 5.82 Å². The maximum absolute atomic E-state index is 12.8. The number of benzene rings is 1. The van der Waals surface area contributed by atoms with Gasteiger partial charge in [-0.1, -0.05) is 25.1 Å². The van der Waals surface area contributed by atoms with Gasteiger partial charge < -0.3 is 19.9 Å². The Morgan fingerprint density at radius 2 is 2.00 bits per heavy atom. The molecule has 2 aromatic rings. The van der Waals surface area contributed by atoms with Gasteiger partial charge in [-0.3, -0.25) is 19.0 Å². The van der Waals surface area contributed by atoms with E-state index in [0.29, 0.717) is 5.56 Å². The molecule has 1 aliphatic rings. The van der Waals surface area contributed by atoms with Gasteiger partial charge in [0.25, 0.3) is 5.91 Å². The summed E-state index contributed by atoms with van der Waals surface area (Å²) in [6.45, 7) is 2.30. The summed E-state index contributed by atoms with van der Waals surface area (Å²) >= 11 is 0. The molecular formula is C21H23N3O7. The first kappa shape index (κ1) is 22.3. The zero-order valence-corrected chi connectivity index (χ0v) is 17.1. The number of anilines is 1. The first-order valence-corrected chi connectivity index (χ1v) is 9.76. The van der Waals surface area contributed by atoms with Crippen LogP contribution in [-0.2, 0) is 24.8 Å². The Kier molecular flexibility index (Phi) is 6.62. The van der Waals surface area contributed by atoms with Gasteiger partial charge in [-0.2, -0.15) is 4.98 Å². The van der Waals surface area contributed by atoms with Crippen molar-refractivity contribution in [3.8, 4) is 0 Å². The lowest BCUT2D eigenvalue weighted by Gasteiger charge is -2.29. The normalized spacial score (nSPS) is 22.7. The van der Waals surface area contributed by atoms with Crippen LogP contribution in [0.25, 0.3) is 0 Å². The smallest absolute Gasteiger partial charge is 0.352 e. The molecule has 31 heavy (non-hydrogen) atoms. The molecule has 1 amide bonds. The second-order valence-electron chi connectivity index (χ2n) is 7.04. The summed E-state index contributed by atoms with van der Waals surface area (Å²) in [6, 6.07) is 9.77. The van der Waals surface area contributed by atoms with Crippen LogP contribution in [0.2, 0.25) is 0 Å². The maximum Gasteiger partial charge on any atom is 0.352 e. The van der Waals surface area contributed by atoms with E-state index in [0.717, 1.165) is 4.57 Å². The van der Waals surface area contributed by atoms with Crippen LogP contribution in [0.5, 0.6) is 0 Å². The van der Waals surface area contributed by atoms with Crippen molar-refractivity contribution in [2.75, 3.05) is 11.9 Å². The molecular weight excluding hydrogens is 406 g/mol. The first-order valence-electron chi connectivity index (χ1n) is 9.76. The van der Waals surface area contributed by atoms with Crippen LogP contribution in [0.1, 0.15) is 37.0 Å². The Morgan fingerprint density at radius 1 is 1.29 bits per heavy atom. The number of aliphatic hydroxyl groups is 1. The van der Waals surface area contributed by atoms with Crippen LogP contribution in [-0.4, -0.2) is 51.1 Å². The molecule has 0 unspecified atom stereocenters. The molecule has 10 nitrogen and oxygen atoms in total. The van der Waals surface area contributed by atoms with Gasteiger partial charge in [0.2, 0.25) is 5.72 Å². The number of ether oxygens (including phenoxy) is 2. The van der Waals surface area contributed by atoms with Crippen molar-refractivity contribution in [2.24, 2.45) is 0 Å². The van der Waals surface area contributed by atoms with Crippen molar-refractivity contribution >= 4 is 23.5 Å². The molecule has 164 valence electrons. The van der Waals surface area contributed by atoms with E-state index in [4.69, 9.17) is 9.47 Å². The number of amides is 1. The predicted molar refractivity (Wildman–Crippen MR) is 108 cm³/mol. The lowest BCUT2D eigenvalue weighted by atomic mass is 9.99. The molecule has 3 rings (SSSR count). The number of nitrogens with one attached hydrogen (secondary N) is 1. The van der Waals surface area contributed by atoms with E-state index in [2.05, 4.69) is 10.3 Å². The molecule has 1 aromatic carbocycles. The summed E-state index contributed by atoms with van der Waals surface area (Å²) < 4.78 is 12.0. The number of nitrogens with zero attached hydrogens (tertiary/aromatic N) is 2. The largest absolute Gasteiger partial charge is 0.459 e. The predicted octanol–water partition coefficient (Wildman–Crippen LogP) is 0.840. The Labute approximate surface area is 177 Å². The molecule has 2 heterocycles. The van der Waals surface area contributed by atoms with E-state index in [1.807, 2.05) is 0 Å². The topological polar surface area (TPSA) is 137 Å². The summed E-state index contributed by atoms with van der Waals surface area (Å²) in [5.41, 5.74) is -2.23. The second-order valence-corrected chi connectivity index (χ2v) is 7.04. The first-order chi connectivity index (χ1) is 14.8. The molecule has 0 radical (unpaired) electrons. The fraction of sp³-hybridized carbons (Fsp3) is 0.381. The Hall–Kier alpha value is -3.37. The number of hydrogen-bond acceptors (Lipinski definition) is 8. The summed E-state index contributed by atoms with van der Waals surface area (Å²) in [5, 5.41) is 12.2. The van der Waals surface area contributed by atoms with Gasteiger partial charge in [-0.05, 0) is 18.2 Å². The highest BCUT2D eigenvalue weighted by Crippen LogP contribution is 2.37. The molecule has 3 atom stereocenters. The number of Topliss-reactive ketones (excluding diaryl/α,β-unsaturated/α-hetero) is 1. The van der Waals surface area contributed by atoms with Gasteiger partial charge in [-0.25, -0.2) is 4.79 Å². The minimum atomic E-state index is -1.78. The van der Waals surface area contributed by atoms with E-state index in [1.54, 1.807) is 37.3 Å². The number of hydrogen-bond donors (Lipinski definition) is 2. The fourth-order valence-electron chi connectivity index (χ4n) is 3.54. The quantitative estimate of drug-likeness (QED) is 0.618. The third-order valence-electron chi connectivity index (χ3n) is 4.96. The molecule has 1 aromatic heterocycles. The van der Waals surface area contributed by atoms with Crippen molar-refractivity contribution in [1.82, 2.24) is 9.55 Å². The van der Waals surface area contributed by atoms with Crippen molar-refractivity contribution in [1.29, 1.82) is 0 Å². The summed E-state index contributed by atoms with van der Waals surface area (Å²) in [5.74, 6) is -1.48. The molecule has 0 aliphatic carbocycles. The van der Waals surface area contributed by atoms with Gasteiger partial charge in [0, 0.05) is 31.5 Å². The minimum absolute atomic E-state index is 0.00226. The average molecular weight is 429 g/mol. The van der Waals surface area contributed by atoms with Gasteiger partial charge >= 0.3 is 11.7 Å². The highest BCUT2D eigenvalue weighted by atomic mass is 16.6. The highest BCUT2D eigenvalue weighted by Gasteiger charge is 2.54. The highest BCUT2D eigenvalue weighted by molar-refractivity contribution is 6.03. The number of aliphatic hydroxyl groups excluding tert-OH is 1. The zero-order valence-electron chi connectivity index (χ0n) is 17.1. The van der Waals surface area contributed by atoms with Crippen LogP contribution in [0.3, 0.4) is 0 Å². The molecule has 10 heteroatoms. The standard InChI is InChI=1S/C21H23N3O7/c1-3-17(27)21(11-15(30-13(2)26)16(12-25)31-21)24-10-9-18(23-20(24)29)22-19(28)14-7-5-4-6-8-14/h4-10,15-16,25H,3,11-12H2,1-2H3,(H,22,23,28,29)/t15-,16+,21-/m0/s1. The summed E-state index contributed by atoms with van der Waals surface area (Å²) in [6.07, 6.45) is -0.731. The number of aromatic nitrogens is 2. The summed E-state index contributed by atoms with van der Waals surface area (Å²) in [7, 11) is 0. The van der Waals surface area contributed by atoms with E-state index >= 15 is 0 Å². The number of carbonyl (C=O) groups excluding carboxylic acids is 3. The Balaban J connectivity index is 1.93. The minimum Gasteiger partial charge on any atom is -0.459 e. The van der Waals surface area contributed by atoms with Gasteiger partial charge in [0.1, 0.15) is 18.0 Å².